The van der Waals surface area contributed by atoms with Crippen molar-refractivity contribution in [1.82, 2.24) is 4.90 Å². The van der Waals surface area contributed by atoms with Crippen LogP contribution in [-0.4, -0.2) is 43.8 Å². The third-order valence-corrected chi connectivity index (χ3v) is 4.41. The van der Waals surface area contributed by atoms with Crippen LogP contribution in [0.5, 0.6) is 0 Å². The van der Waals surface area contributed by atoms with Crippen molar-refractivity contribution in [3.63, 3.8) is 0 Å². The molecule has 0 radical (unpaired) electrons. The van der Waals surface area contributed by atoms with Crippen LogP contribution in [0.3, 0.4) is 0 Å². The predicted molar refractivity (Wildman–Crippen MR) is 99.5 cm³/mol. The summed E-state index contributed by atoms with van der Waals surface area (Å²) in [6.45, 7) is 8.75. The van der Waals surface area contributed by atoms with E-state index in [9.17, 15) is 8.42 Å². The Bertz CT molecular complexity index is 349. The van der Waals surface area contributed by atoms with Gasteiger partial charge in [-0.15, -0.1) is 0 Å². The van der Waals surface area contributed by atoms with Crippen LogP contribution in [0.15, 0.2) is 0 Å². The van der Waals surface area contributed by atoms with Gasteiger partial charge in [-0.3, -0.25) is 4.55 Å². The molecule has 1 atom stereocenters. The number of nitrogens with zero attached hydrogens (tertiary/aromatic N) is 1. The molecule has 0 saturated carbocycles. The van der Waals surface area contributed by atoms with E-state index in [-0.39, 0.29) is 0 Å². The van der Waals surface area contributed by atoms with Crippen molar-refractivity contribution in [2.75, 3.05) is 25.9 Å². The van der Waals surface area contributed by atoms with Crippen molar-refractivity contribution in [3.05, 3.63) is 0 Å². The number of unbranched alkanes of at least 4 members (excludes halogenated alkanes) is 7. The summed E-state index contributed by atoms with van der Waals surface area (Å²) in [4.78, 5) is 2.71. The zero-order chi connectivity index (χ0) is 17.6. The van der Waals surface area contributed by atoms with Crippen LogP contribution in [0.1, 0.15) is 84.5 Å². The minimum Gasteiger partial charge on any atom is -0.303 e. The average molecular weight is 350 g/mol. The molecule has 1 aliphatic rings. The molecule has 1 saturated heterocycles. The summed E-state index contributed by atoms with van der Waals surface area (Å²) in [5.41, 5.74) is 0. The highest BCUT2D eigenvalue weighted by atomic mass is 32.2. The normalized spacial score (nSPS) is 18.7. The maximum atomic E-state index is 9.19. The van der Waals surface area contributed by atoms with Crippen LogP contribution in [0, 0.1) is 5.92 Å². The first kappa shape index (κ1) is 22.9. The van der Waals surface area contributed by atoms with Crippen LogP contribution in [0.2, 0.25) is 0 Å². The molecule has 0 bridgehead atoms. The molecule has 1 heterocycles. The summed E-state index contributed by atoms with van der Waals surface area (Å²) < 4.78 is 25.9. The number of rotatable bonds is 11. The van der Waals surface area contributed by atoms with Crippen LogP contribution >= 0.6 is 0 Å². The van der Waals surface area contributed by atoms with Crippen LogP contribution in [-0.2, 0) is 10.1 Å². The molecule has 4 nitrogen and oxygen atoms in total. The highest BCUT2D eigenvalue weighted by Crippen LogP contribution is 2.22. The van der Waals surface area contributed by atoms with Crippen LogP contribution in [0.4, 0.5) is 0 Å². The van der Waals surface area contributed by atoms with E-state index >= 15 is 0 Å². The standard InChI is InChI=1S/C17H35N.CH4O3S/c1-3-5-7-8-9-10-11-14-18-15-13-17(16-18)12-6-4-2;1-5(2,3)4/h17H,3-16H2,1-2H3;1H3,(H,2,3,4). The van der Waals surface area contributed by atoms with E-state index in [0.29, 0.717) is 6.26 Å². The van der Waals surface area contributed by atoms with Gasteiger partial charge in [-0.25, -0.2) is 0 Å². The molecular weight excluding hydrogens is 310 g/mol. The Morgan fingerprint density at radius 1 is 0.957 bits per heavy atom. The molecule has 140 valence electrons. The van der Waals surface area contributed by atoms with E-state index in [0.717, 1.165) is 5.92 Å². The molecular formula is C18H39NO3S. The second-order valence-electron chi connectivity index (χ2n) is 6.95. The summed E-state index contributed by atoms with van der Waals surface area (Å²) in [6.07, 6.45) is 16.6. The largest absolute Gasteiger partial charge is 0.303 e. The van der Waals surface area contributed by atoms with Crippen LogP contribution in [0.25, 0.3) is 0 Å². The van der Waals surface area contributed by atoms with Crippen molar-refractivity contribution in [2.45, 2.75) is 84.5 Å². The molecule has 0 spiro atoms. The molecule has 1 aliphatic heterocycles. The molecule has 1 rings (SSSR count). The van der Waals surface area contributed by atoms with E-state index in [1.165, 1.54) is 90.3 Å². The molecule has 0 aromatic carbocycles. The van der Waals surface area contributed by atoms with Gasteiger partial charge >= 0.3 is 0 Å². The van der Waals surface area contributed by atoms with Gasteiger partial charge in [0.1, 0.15) is 0 Å². The van der Waals surface area contributed by atoms with E-state index in [2.05, 4.69) is 18.7 Å². The smallest absolute Gasteiger partial charge is 0.261 e. The van der Waals surface area contributed by atoms with E-state index in [1.54, 1.807) is 0 Å². The maximum Gasteiger partial charge on any atom is 0.261 e. The van der Waals surface area contributed by atoms with Gasteiger partial charge in [0.15, 0.2) is 0 Å². The van der Waals surface area contributed by atoms with Gasteiger partial charge < -0.3 is 4.90 Å². The monoisotopic (exact) mass is 349 g/mol. The van der Waals surface area contributed by atoms with Crippen molar-refractivity contribution >= 4 is 10.1 Å². The average Bonchev–Trinajstić information content (AvgIpc) is 2.90. The lowest BCUT2D eigenvalue weighted by molar-refractivity contribution is 0.310. The molecule has 23 heavy (non-hydrogen) atoms. The topological polar surface area (TPSA) is 57.6 Å². The van der Waals surface area contributed by atoms with Gasteiger partial charge in [-0.2, -0.15) is 8.42 Å². The lowest BCUT2D eigenvalue weighted by Crippen LogP contribution is -2.21. The summed E-state index contributed by atoms with van der Waals surface area (Å²) in [6, 6.07) is 0. The molecule has 0 aromatic heterocycles. The minimum absolute atomic E-state index is 0.715. The first-order valence-corrected chi connectivity index (χ1v) is 11.4. The highest BCUT2D eigenvalue weighted by molar-refractivity contribution is 7.85. The Kier molecular flexibility index (Phi) is 14.2. The first-order valence-electron chi connectivity index (χ1n) is 9.51. The van der Waals surface area contributed by atoms with Crippen LogP contribution < -0.4 is 0 Å². The van der Waals surface area contributed by atoms with E-state index in [1.807, 2.05) is 0 Å². The molecule has 0 aromatic rings. The summed E-state index contributed by atoms with van der Waals surface area (Å²) in [5, 5.41) is 0. The first-order chi connectivity index (χ1) is 10.9. The molecule has 5 heteroatoms. The van der Waals surface area contributed by atoms with Gasteiger partial charge in [-0.1, -0.05) is 65.2 Å². The number of hydrogen-bond donors (Lipinski definition) is 1. The zero-order valence-electron chi connectivity index (χ0n) is 15.6. The second-order valence-corrected chi connectivity index (χ2v) is 8.42. The molecule has 1 N–H and O–H groups in total. The zero-order valence-corrected chi connectivity index (χ0v) is 16.4. The summed E-state index contributed by atoms with van der Waals surface area (Å²) in [7, 11) is -3.67. The number of likely N-dealkylation sites (tertiary alicyclic amines) is 1. The Balaban J connectivity index is 0.000000841. The van der Waals surface area contributed by atoms with Crippen molar-refractivity contribution in [1.29, 1.82) is 0 Å². The SMILES string of the molecule is CCCCCCCCCN1CCC(CCCC)C1.CS(=O)(=O)O. The van der Waals surface area contributed by atoms with E-state index in [4.69, 9.17) is 4.55 Å². The van der Waals surface area contributed by atoms with Gasteiger partial charge in [-0.05, 0) is 38.3 Å². The molecule has 0 aliphatic carbocycles. The lowest BCUT2D eigenvalue weighted by atomic mass is 10.0. The van der Waals surface area contributed by atoms with Crippen molar-refractivity contribution in [3.8, 4) is 0 Å². The van der Waals surface area contributed by atoms with Crippen molar-refractivity contribution in [2.24, 2.45) is 5.92 Å². The Hall–Kier alpha value is -0.130. The fourth-order valence-corrected chi connectivity index (χ4v) is 3.14. The highest BCUT2D eigenvalue weighted by Gasteiger charge is 2.20. The third kappa shape index (κ3) is 18.1. The van der Waals surface area contributed by atoms with Gasteiger partial charge in [0.25, 0.3) is 10.1 Å². The quantitative estimate of drug-likeness (QED) is 0.432. The lowest BCUT2D eigenvalue weighted by Gasteiger charge is -2.15. The van der Waals surface area contributed by atoms with Gasteiger partial charge in [0.2, 0.25) is 0 Å². The van der Waals surface area contributed by atoms with Gasteiger partial charge in [0, 0.05) is 6.54 Å². The minimum atomic E-state index is -3.67. The maximum absolute atomic E-state index is 9.19. The summed E-state index contributed by atoms with van der Waals surface area (Å²) >= 11 is 0. The van der Waals surface area contributed by atoms with Crippen molar-refractivity contribution < 1.29 is 13.0 Å². The predicted octanol–water partition coefficient (Wildman–Crippen LogP) is 4.75. The Morgan fingerprint density at radius 3 is 2.04 bits per heavy atom. The fraction of sp³-hybridized carbons (Fsp3) is 1.00. The second kappa shape index (κ2) is 14.2. The Labute approximate surface area is 144 Å². The molecule has 1 fully saturated rings. The van der Waals surface area contributed by atoms with Gasteiger partial charge in [0.05, 0.1) is 6.26 Å². The molecule has 1 unspecified atom stereocenters. The third-order valence-electron chi connectivity index (χ3n) is 4.41. The fourth-order valence-electron chi connectivity index (χ4n) is 3.14. The van der Waals surface area contributed by atoms with E-state index < -0.39 is 10.1 Å². The molecule has 0 amide bonds. The number of hydrogen-bond acceptors (Lipinski definition) is 3. The summed E-state index contributed by atoms with van der Waals surface area (Å²) in [5.74, 6) is 1.02. The Morgan fingerprint density at radius 2 is 1.48 bits per heavy atom.